The Morgan fingerprint density at radius 2 is 1.79 bits per heavy atom. The molecule has 0 fully saturated rings. The van der Waals surface area contributed by atoms with Crippen LogP contribution in [0.25, 0.3) is 0 Å². The number of benzene rings is 2. The van der Waals surface area contributed by atoms with E-state index < -0.39 is 0 Å². The molecule has 0 aliphatic carbocycles. The van der Waals surface area contributed by atoms with Crippen molar-refractivity contribution in [3.8, 4) is 0 Å². The molecule has 6 heteroatoms. The number of nitrogens with zero attached hydrogens (tertiary/aromatic N) is 1. The summed E-state index contributed by atoms with van der Waals surface area (Å²) in [7, 11) is 1.60. The molecule has 2 aromatic carbocycles. The normalized spacial score (nSPS) is 10.4. The number of likely N-dealkylation sites (N-methyl/N-ethyl adjacent to an activating group) is 1. The zero-order chi connectivity index (χ0) is 17.9. The number of rotatable bonds is 4. The van der Waals surface area contributed by atoms with Crippen molar-refractivity contribution in [2.24, 2.45) is 0 Å². The first-order valence-electron chi connectivity index (χ1n) is 7.36. The van der Waals surface area contributed by atoms with E-state index in [-0.39, 0.29) is 18.4 Å². The quantitative estimate of drug-likeness (QED) is 0.699. The van der Waals surface area contributed by atoms with Gasteiger partial charge in [-0.3, -0.25) is 9.59 Å². The van der Waals surface area contributed by atoms with Crippen molar-refractivity contribution in [2.45, 2.75) is 13.8 Å². The Kier molecular flexibility index (Phi) is 6.23. The molecular weight excluding hydrogens is 439 g/mol. The van der Waals surface area contributed by atoms with E-state index in [0.29, 0.717) is 10.6 Å². The van der Waals surface area contributed by atoms with Crippen molar-refractivity contribution in [2.75, 3.05) is 18.9 Å². The van der Waals surface area contributed by atoms with Crippen LogP contribution in [0.15, 0.2) is 36.4 Å². The topological polar surface area (TPSA) is 49.4 Å². The Bertz CT molecular complexity index is 772. The molecule has 0 saturated heterocycles. The van der Waals surface area contributed by atoms with Gasteiger partial charge in [0, 0.05) is 21.3 Å². The third-order valence-electron chi connectivity index (χ3n) is 3.63. The maximum atomic E-state index is 12.5. The molecule has 2 rings (SSSR count). The molecule has 0 saturated carbocycles. The zero-order valence-electron chi connectivity index (χ0n) is 13.7. The van der Waals surface area contributed by atoms with Crippen molar-refractivity contribution in [3.05, 3.63) is 61.7 Å². The molecule has 0 heterocycles. The minimum Gasteiger partial charge on any atom is -0.332 e. The maximum absolute atomic E-state index is 12.5. The Hall–Kier alpha value is -1.60. The average Bonchev–Trinajstić information content (AvgIpc) is 2.52. The van der Waals surface area contributed by atoms with E-state index in [1.807, 2.05) is 32.0 Å². The first kappa shape index (κ1) is 18.7. The van der Waals surface area contributed by atoms with Crippen LogP contribution < -0.4 is 5.32 Å². The van der Waals surface area contributed by atoms with Gasteiger partial charge in [-0.15, -0.1) is 0 Å². The molecule has 24 heavy (non-hydrogen) atoms. The van der Waals surface area contributed by atoms with Crippen LogP contribution in [0, 0.1) is 17.4 Å². The van der Waals surface area contributed by atoms with Gasteiger partial charge in [-0.1, -0.05) is 29.8 Å². The molecule has 0 atom stereocenters. The van der Waals surface area contributed by atoms with E-state index in [9.17, 15) is 9.59 Å². The Labute approximate surface area is 160 Å². The maximum Gasteiger partial charge on any atom is 0.255 e. The molecule has 0 aliphatic heterocycles. The van der Waals surface area contributed by atoms with Crippen molar-refractivity contribution in [1.82, 2.24) is 4.90 Å². The standard InChI is InChI=1S/C18H18ClIN2O2/c1-11-5-4-6-12(2)17(11)21-16(23)10-22(3)18(24)14-9-13(19)7-8-15(14)20/h4-9H,10H2,1-3H3,(H,21,23). The van der Waals surface area contributed by atoms with Crippen LogP contribution in [-0.2, 0) is 4.79 Å². The van der Waals surface area contributed by atoms with Crippen molar-refractivity contribution < 1.29 is 9.59 Å². The lowest BCUT2D eigenvalue weighted by Crippen LogP contribution is -2.35. The lowest BCUT2D eigenvalue weighted by Gasteiger charge is -2.19. The van der Waals surface area contributed by atoms with Gasteiger partial charge in [0.15, 0.2) is 0 Å². The number of nitrogens with one attached hydrogen (secondary N) is 1. The minimum atomic E-state index is -0.237. The number of carbonyl (C=O) groups excluding carboxylic acids is 2. The van der Waals surface area contributed by atoms with Gasteiger partial charge in [-0.25, -0.2) is 0 Å². The summed E-state index contributed by atoms with van der Waals surface area (Å²) >= 11 is 8.04. The number of anilines is 1. The smallest absolute Gasteiger partial charge is 0.255 e. The molecule has 0 unspecified atom stereocenters. The van der Waals surface area contributed by atoms with Gasteiger partial charge in [-0.2, -0.15) is 0 Å². The number of aryl methyl sites for hydroxylation is 2. The summed E-state index contributed by atoms with van der Waals surface area (Å²) in [5.74, 6) is -0.473. The highest BCUT2D eigenvalue weighted by molar-refractivity contribution is 14.1. The lowest BCUT2D eigenvalue weighted by molar-refractivity contribution is -0.116. The Balaban J connectivity index is 2.08. The summed E-state index contributed by atoms with van der Waals surface area (Å²) in [5.41, 5.74) is 3.26. The van der Waals surface area contributed by atoms with Crippen molar-refractivity contribution in [1.29, 1.82) is 0 Å². The summed E-state index contributed by atoms with van der Waals surface area (Å²) in [6.07, 6.45) is 0. The van der Waals surface area contributed by atoms with E-state index in [2.05, 4.69) is 27.9 Å². The van der Waals surface area contributed by atoms with E-state index in [1.54, 1.807) is 25.2 Å². The SMILES string of the molecule is Cc1cccc(C)c1NC(=O)CN(C)C(=O)c1cc(Cl)ccc1I. The molecule has 4 nitrogen and oxygen atoms in total. The van der Waals surface area contributed by atoms with Crippen LogP contribution in [0.1, 0.15) is 21.5 Å². The highest BCUT2D eigenvalue weighted by Crippen LogP contribution is 2.21. The highest BCUT2D eigenvalue weighted by Gasteiger charge is 2.18. The van der Waals surface area contributed by atoms with E-state index in [4.69, 9.17) is 11.6 Å². The summed E-state index contributed by atoms with van der Waals surface area (Å²) < 4.78 is 0.795. The zero-order valence-corrected chi connectivity index (χ0v) is 16.6. The number of amides is 2. The number of para-hydroxylation sites is 1. The predicted octanol–water partition coefficient (Wildman–Crippen LogP) is 4.27. The predicted molar refractivity (Wildman–Crippen MR) is 106 cm³/mol. The second-order valence-electron chi connectivity index (χ2n) is 5.60. The molecule has 1 N–H and O–H groups in total. The number of hydrogen-bond donors (Lipinski definition) is 1. The van der Waals surface area contributed by atoms with Crippen molar-refractivity contribution >= 4 is 51.7 Å². The fourth-order valence-electron chi connectivity index (χ4n) is 2.34. The van der Waals surface area contributed by atoms with Gasteiger partial charge >= 0.3 is 0 Å². The van der Waals surface area contributed by atoms with Gasteiger partial charge in [-0.05, 0) is 65.8 Å². The first-order chi connectivity index (χ1) is 11.3. The third-order valence-corrected chi connectivity index (χ3v) is 4.81. The fourth-order valence-corrected chi connectivity index (χ4v) is 3.08. The minimum absolute atomic E-state index is 0.0325. The molecular formula is C18H18ClIN2O2. The van der Waals surface area contributed by atoms with Crippen molar-refractivity contribution in [3.63, 3.8) is 0 Å². The van der Waals surface area contributed by atoms with Crippen LogP contribution in [0.5, 0.6) is 0 Å². The number of carbonyl (C=O) groups is 2. The van der Waals surface area contributed by atoms with Crippen LogP contribution >= 0.6 is 34.2 Å². The molecule has 0 bridgehead atoms. The summed E-state index contributed by atoms with van der Waals surface area (Å²) in [4.78, 5) is 26.2. The molecule has 126 valence electrons. The van der Waals surface area contributed by atoms with E-state index in [0.717, 1.165) is 20.4 Å². The Morgan fingerprint density at radius 3 is 2.42 bits per heavy atom. The van der Waals surface area contributed by atoms with Gasteiger partial charge in [0.25, 0.3) is 5.91 Å². The first-order valence-corrected chi connectivity index (χ1v) is 8.82. The monoisotopic (exact) mass is 456 g/mol. The number of halogens is 2. The second-order valence-corrected chi connectivity index (χ2v) is 7.20. The van der Waals surface area contributed by atoms with E-state index >= 15 is 0 Å². The van der Waals surface area contributed by atoms with Gasteiger partial charge in [0.2, 0.25) is 5.91 Å². The van der Waals surface area contributed by atoms with Crippen LogP contribution in [-0.4, -0.2) is 30.3 Å². The van der Waals surface area contributed by atoms with Gasteiger partial charge in [0.1, 0.15) is 0 Å². The van der Waals surface area contributed by atoms with Crippen LogP contribution in [0.3, 0.4) is 0 Å². The van der Waals surface area contributed by atoms with Gasteiger partial charge in [0.05, 0.1) is 12.1 Å². The van der Waals surface area contributed by atoms with Crippen LogP contribution in [0.2, 0.25) is 5.02 Å². The highest BCUT2D eigenvalue weighted by atomic mass is 127. The third kappa shape index (κ3) is 4.48. The summed E-state index contributed by atoms with van der Waals surface area (Å²) in [5, 5.41) is 3.37. The van der Waals surface area contributed by atoms with E-state index in [1.165, 1.54) is 4.90 Å². The molecule has 0 aliphatic rings. The molecule has 0 radical (unpaired) electrons. The van der Waals surface area contributed by atoms with Crippen LogP contribution in [0.4, 0.5) is 5.69 Å². The van der Waals surface area contributed by atoms with Gasteiger partial charge < -0.3 is 10.2 Å². The fraction of sp³-hybridized carbons (Fsp3) is 0.222. The summed E-state index contributed by atoms with van der Waals surface area (Å²) in [6, 6.07) is 10.9. The largest absolute Gasteiger partial charge is 0.332 e. The Morgan fingerprint density at radius 1 is 1.17 bits per heavy atom. The summed E-state index contributed by atoms with van der Waals surface area (Å²) in [6.45, 7) is 3.84. The molecule has 0 spiro atoms. The second kappa shape index (κ2) is 7.98. The number of hydrogen-bond acceptors (Lipinski definition) is 2. The molecule has 2 aromatic rings. The average molecular weight is 457 g/mol. The molecule has 0 aromatic heterocycles. The lowest BCUT2D eigenvalue weighted by atomic mass is 10.1. The molecule has 2 amide bonds.